The van der Waals surface area contributed by atoms with E-state index in [1.54, 1.807) is 29.9 Å². The fraction of sp³-hybridized carbons (Fsp3) is 0.385. The zero-order chi connectivity index (χ0) is 16.1. The Morgan fingerprint density at radius 1 is 1.41 bits per heavy atom. The second-order valence-corrected chi connectivity index (χ2v) is 5.62. The lowest BCUT2D eigenvalue weighted by Crippen LogP contribution is -2.37. The number of ether oxygens (including phenoxy) is 1. The number of hydrogen-bond acceptors (Lipinski definition) is 6. The summed E-state index contributed by atoms with van der Waals surface area (Å²) in [5.41, 5.74) is 0.319. The van der Waals surface area contributed by atoms with Crippen LogP contribution in [0, 0.1) is 0 Å². The maximum Gasteiger partial charge on any atom is 0.326 e. The largest absolute Gasteiger partial charge is 0.454 e. The molecule has 22 heavy (non-hydrogen) atoms. The summed E-state index contributed by atoms with van der Waals surface area (Å²) in [5, 5.41) is 1.94. The molecule has 0 bridgehead atoms. The van der Waals surface area contributed by atoms with Crippen molar-refractivity contribution in [3.63, 3.8) is 0 Å². The van der Waals surface area contributed by atoms with E-state index in [1.165, 1.54) is 4.90 Å². The van der Waals surface area contributed by atoms with Gasteiger partial charge in [0.05, 0.1) is 0 Å². The van der Waals surface area contributed by atoms with Crippen LogP contribution in [0.1, 0.15) is 10.5 Å². The third-order valence-electron chi connectivity index (χ3n) is 2.96. The van der Waals surface area contributed by atoms with Crippen molar-refractivity contribution < 1.29 is 23.9 Å². The number of nitrogens with one attached hydrogen (secondary N) is 1. The number of aryl methyl sites for hydroxylation is 1. The number of carbonyl (C=O) groups is 4. The summed E-state index contributed by atoms with van der Waals surface area (Å²) in [5.74, 6) is -1.34. The maximum absolute atomic E-state index is 11.8. The molecule has 9 heteroatoms. The van der Waals surface area contributed by atoms with Gasteiger partial charge in [-0.15, -0.1) is 0 Å². The van der Waals surface area contributed by atoms with Crippen molar-refractivity contribution in [1.29, 1.82) is 0 Å². The molecule has 3 amide bonds. The van der Waals surface area contributed by atoms with E-state index in [4.69, 9.17) is 4.74 Å². The fourth-order valence-electron chi connectivity index (χ4n) is 1.84. The average molecular weight is 325 g/mol. The third kappa shape index (κ3) is 4.10. The first-order chi connectivity index (χ1) is 10.5. The Labute approximate surface area is 130 Å². The van der Waals surface area contributed by atoms with Gasteiger partial charge in [-0.2, -0.15) is 0 Å². The highest BCUT2D eigenvalue weighted by Gasteiger charge is 2.24. The highest BCUT2D eigenvalue weighted by molar-refractivity contribution is 8.13. The Morgan fingerprint density at radius 3 is 2.77 bits per heavy atom. The summed E-state index contributed by atoms with van der Waals surface area (Å²) in [6.45, 7) is -0.272. The van der Waals surface area contributed by atoms with Crippen LogP contribution in [0.3, 0.4) is 0 Å². The molecule has 2 rings (SSSR count). The quantitative estimate of drug-likeness (QED) is 0.765. The van der Waals surface area contributed by atoms with Crippen molar-refractivity contribution in [3.05, 3.63) is 24.0 Å². The summed E-state index contributed by atoms with van der Waals surface area (Å²) in [7, 11) is 1.67. The smallest absolute Gasteiger partial charge is 0.326 e. The summed E-state index contributed by atoms with van der Waals surface area (Å²) in [4.78, 5) is 47.5. The van der Waals surface area contributed by atoms with Crippen LogP contribution in [0.2, 0.25) is 0 Å². The van der Waals surface area contributed by atoms with Crippen LogP contribution >= 0.6 is 11.8 Å². The van der Waals surface area contributed by atoms with E-state index in [0.29, 0.717) is 18.0 Å². The van der Waals surface area contributed by atoms with E-state index in [-0.39, 0.29) is 11.8 Å². The van der Waals surface area contributed by atoms with Gasteiger partial charge in [-0.1, -0.05) is 11.8 Å². The summed E-state index contributed by atoms with van der Waals surface area (Å²) >= 11 is 1.13. The van der Waals surface area contributed by atoms with E-state index in [0.717, 1.165) is 11.8 Å². The Kier molecular flexibility index (Phi) is 5.21. The lowest BCUT2D eigenvalue weighted by Gasteiger charge is -2.13. The lowest BCUT2D eigenvalue weighted by atomic mass is 10.4. The van der Waals surface area contributed by atoms with Gasteiger partial charge in [-0.25, -0.2) is 0 Å². The number of rotatable bonds is 5. The van der Waals surface area contributed by atoms with Crippen LogP contribution in [0.4, 0.5) is 4.79 Å². The maximum atomic E-state index is 11.8. The van der Waals surface area contributed by atoms with Crippen molar-refractivity contribution in [3.8, 4) is 0 Å². The fourth-order valence-corrected chi connectivity index (χ4v) is 2.67. The molecule has 0 radical (unpaired) electrons. The van der Waals surface area contributed by atoms with Gasteiger partial charge in [0.1, 0.15) is 12.2 Å². The molecule has 1 aromatic rings. The molecule has 1 aromatic heterocycles. The van der Waals surface area contributed by atoms with Gasteiger partial charge in [-0.3, -0.25) is 24.5 Å². The molecular weight excluding hydrogens is 310 g/mol. The molecule has 1 fully saturated rings. The number of esters is 1. The number of amides is 3. The monoisotopic (exact) mass is 325 g/mol. The normalized spacial score (nSPS) is 14.0. The molecule has 0 spiro atoms. The Balaban J connectivity index is 1.73. The SMILES string of the molecule is Cn1cccc1C(=O)NC(=O)COC(=O)CN1CCSC1=O. The van der Waals surface area contributed by atoms with Crippen molar-refractivity contribution in [2.45, 2.75) is 0 Å². The molecule has 0 atom stereocenters. The second kappa shape index (κ2) is 7.12. The first-order valence-corrected chi connectivity index (χ1v) is 7.49. The Bertz CT molecular complexity index is 613. The minimum atomic E-state index is -0.721. The number of carbonyl (C=O) groups excluding carboxylic acids is 4. The van der Waals surface area contributed by atoms with Gasteiger partial charge >= 0.3 is 5.97 Å². The van der Waals surface area contributed by atoms with Crippen LogP contribution in [-0.2, 0) is 21.4 Å². The molecule has 2 heterocycles. The van der Waals surface area contributed by atoms with Gasteiger partial charge < -0.3 is 14.2 Å². The Hall–Kier alpha value is -2.29. The first-order valence-electron chi connectivity index (χ1n) is 6.50. The highest BCUT2D eigenvalue weighted by atomic mass is 32.2. The molecule has 118 valence electrons. The zero-order valence-electron chi connectivity index (χ0n) is 11.9. The first kappa shape index (κ1) is 16.1. The van der Waals surface area contributed by atoms with E-state index in [2.05, 4.69) is 5.32 Å². The van der Waals surface area contributed by atoms with Gasteiger partial charge in [0.25, 0.3) is 17.1 Å². The predicted molar refractivity (Wildman–Crippen MR) is 78.3 cm³/mol. The molecule has 8 nitrogen and oxygen atoms in total. The molecule has 1 aliphatic heterocycles. The molecule has 0 unspecified atom stereocenters. The molecule has 0 aliphatic carbocycles. The lowest BCUT2D eigenvalue weighted by molar-refractivity contribution is -0.148. The third-order valence-corrected chi connectivity index (χ3v) is 3.85. The van der Waals surface area contributed by atoms with Crippen molar-refractivity contribution >= 4 is 34.8 Å². The predicted octanol–water partition coefficient (Wildman–Crippen LogP) is -0.00650. The minimum absolute atomic E-state index is 0.180. The molecule has 1 saturated heterocycles. The molecular formula is C13H15N3O5S. The Morgan fingerprint density at radius 2 is 2.18 bits per heavy atom. The van der Waals surface area contributed by atoms with Crippen LogP contribution in [-0.4, -0.2) is 57.9 Å². The van der Waals surface area contributed by atoms with Crippen LogP contribution < -0.4 is 5.32 Å². The molecule has 1 aliphatic rings. The summed E-state index contributed by atoms with van der Waals surface area (Å²) in [6, 6.07) is 3.23. The van der Waals surface area contributed by atoms with Crippen molar-refractivity contribution in [2.75, 3.05) is 25.4 Å². The van der Waals surface area contributed by atoms with E-state index in [9.17, 15) is 19.2 Å². The second-order valence-electron chi connectivity index (χ2n) is 4.58. The van der Waals surface area contributed by atoms with Crippen LogP contribution in [0.15, 0.2) is 18.3 Å². The minimum Gasteiger partial charge on any atom is -0.454 e. The zero-order valence-corrected chi connectivity index (χ0v) is 12.7. The number of imide groups is 1. The van der Waals surface area contributed by atoms with Crippen molar-refractivity contribution in [2.24, 2.45) is 7.05 Å². The standard InChI is InChI=1S/C13H15N3O5S/c1-15-4-2-3-9(15)12(19)14-10(17)8-21-11(18)7-16-5-6-22-13(16)20/h2-4H,5-8H2,1H3,(H,14,17,19). The van der Waals surface area contributed by atoms with Gasteiger partial charge in [0, 0.05) is 25.5 Å². The van der Waals surface area contributed by atoms with Gasteiger partial charge in [-0.05, 0) is 12.1 Å². The topological polar surface area (TPSA) is 97.7 Å². The average Bonchev–Trinajstić information content (AvgIpc) is 3.06. The van der Waals surface area contributed by atoms with Crippen molar-refractivity contribution in [1.82, 2.24) is 14.8 Å². The number of thioether (sulfide) groups is 1. The van der Waals surface area contributed by atoms with Crippen LogP contribution in [0.25, 0.3) is 0 Å². The molecule has 0 aromatic carbocycles. The molecule has 1 N–H and O–H groups in total. The number of hydrogen-bond donors (Lipinski definition) is 1. The summed E-state index contributed by atoms with van der Waals surface area (Å²) in [6.07, 6.45) is 1.67. The molecule has 0 saturated carbocycles. The highest BCUT2D eigenvalue weighted by Crippen LogP contribution is 2.16. The van der Waals surface area contributed by atoms with E-state index in [1.807, 2.05) is 0 Å². The van der Waals surface area contributed by atoms with Gasteiger partial charge in [0.15, 0.2) is 6.61 Å². The number of nitrogens with zero attached hydrogens (tertiary/aromatic N) is 2. The van der Waals surface area contributed by atoms with E-state index >= 15 is 0 Å². The van der Waals surface area contributed by atoms with Crippen LogP contribution in [0.5, 0.6) is 0 Å². The van der Waals surface area contributed by atoms with E-state index < -0.39 is 24.4 Å². The van der Waals surface area contributed by atoms with Gasteiger partial charge in [0.2, 0.25) is 0 Å². The summed E-state index contributed by atoms with van der Waals surface area (Å²) < 4.78 is 6.31. The number of aromatic nitrogens is 1.